The van der Waals surface area contributed by atoms with E-state index in [9.17, 15) is 0 Å². The molecule has 1 N–H and O–H groups in total. The van der Waals surface area contributed by atoms with Crippen LogP contribution in [0.2, 0.25) is 0 Å². The highest BCUT2D eigenvalue weighted by atomic mass is 32.1. The van der Waals surface area contributed by atoms with Crippen LogP contribution in [0, 0.1) is 6.92 Å². The highest BCUT2D eigenvalue weighted by Crippen LogP contribution is 2.11. The molecule has 0 aliphatic rings. The largest absolute Gasteiger partial charge is 0.481 e. The maximum absolute atomic E-state index is 5.01. The lowest BCUT2D eigenvalue weighted by Gasteiger charge is -2.03. The van der Waals surface area contributed by atoms with Crippen LogP contribution in [0.5, 0.6) is 5.88 Å². The fourth-order valence-electron chi connectivity index (χ4n) is 1.18. The molecule has 2 rings (SSSR count). The molecule has 0 bridgehead atoms. The van der Waals surface area contributed by atoms with Crippen LogP contribution in [0.25, 0.3) is 0 Å². The van der Waals surface area contributed by atoms with Crippen LogP contribution in [-0.2, 0) is 6.54 Å². The van der Waals surface area contributed by atoms with Crippen molar-refractivity contribution in [3.8, 4) is 5.88 Å². The van der Waals surface area contributed by atoms with Gasteiger partial charge in [-0.25, -0.2) is 9.97 Å². The molecule has 5 nitrogen and oxygen atoms in total. The van der Waals surface area contributed by atoms with Gasteiger partial charge in [-0.2, -0.15) is 4.98 Å². The van der Waals surface area contributed by atoms with E-state index in [1.807, 2.05) is 12.3 Å². The van der Waals surface area contributed by atoms with Gasteiger partial charge >= 0.3 is 0 Å². The third kappa shape index (κ3) is 2.66. The van der Waals surface area contributed by atoms with E-state index in [2.05, 4.69) is 20.3 Å². The second-order valence-electron chi connectivity index (χ2n) is 3.16. The minimum atomic E-state index is 0.548. The zero-order valence-corrected chi connectivity index (χ0v) is 9.91. The molecule has 2 heterocycles. The smallest absolute Gasteiger partial charge is 0.226 e. The highest BCUT2D eigenvalue weighted by Gasteiger charge is 2.01. The molecular weight excluding hydrogens is 224 g/mol. The van der Waals surface area contributed by atoms with Crippen molar-refractivity contribution in [2.24, 2.45) is 0 Å². The molecule has 0 saturated carbocycles. The van der Waals surface area contributed by atoms with Crippen molar-refractivity contribution in [2.45, 2.75) is 13.5 Å². The minimum Gasteiger partial charge on any atom is -0.481 e. The van der Waals surface area contributed by atoms with Crippen LogP contribution in [-0.4, -0.2) is 22.1 Å². The fraction of sp³-hybridized carbons (Fsp3) is 0.300. The maximum atomic E-state index is 5.01. The van der Waals surface area contributed by atoms with Crippen LogP contribution >= 0.6 is 11.3 Å². The first-order valence-corrected chi connectivity index (χ1v) is 5.68. The molecule has 0 unspecified atom stereocenters. The van der Waals surface area contributed by atoms with Crippen molar-refractivity contribution >= 4 is 17.3 Å². The monoisotopic (exact) mass is 236 g/mol. The molecule has 0 aliphatic carbocycles. The first-order valence-electron chi connectivity index (χ1n) is 4.80. The molecule has 0 aliphatic heterocycles. The SMILES string of the molecule is COc1ccnc(NCc2nc(C)cs2)n1. The Hall–Kier alpha value is -1.69. The number of ether oxygens (including phenoxy) is 1. The number of hydrogen-bond donors (Lipinski definition) is 1. The Morgan fingerprint density at radius 1 is 1.44 bits per heavy atom. The summed E-state index contributed by atoms with van der Waals surface area (Å²) in [7, 11) is 1.58. The average Bonchev–Trinajstić information content (AvgIpc) is 2.73. The van der Waals surface area contributed by atoms with E-state index in [1.54, 1.807) is 30.7 Å². The first kappa shape index (κ1) is 10.8. The quantitative estimate of drug-likeness (QED) is 0.878. The summed E-state index contributed by atoms with van der Waals surface area (Å²) >= 11 is 1.62. The number of nitrogens with one attached hydrogen (secondary N) is 1. The zero-order valence-electron chi connectivity index (χ0n) is 9.10. The number of thiazole rings is 1. The summed E-state index contributed by atoms with van der Waals surface area (Å²) in [5, 5.41) is 6.13. The van der Waals surface area contributed by atoms with Gasteiger partial charge in [-0.3, -0.25) is 0 Å². The van der Waals surface area contributed by atoms with E-state index in [1.165, 1.54) is 0 Å². The summed E-state index contributed by atoms with van der Waals surface area (Å²) in [6, 6.07) is 1.71. The normalized spacial score (nSPS) is 10.1. The average molecular weight is 236 g/mol. The molecule has 0 amide bonds. The number of anilines is 1. The van der Waals surface area contributed by atoms with Crippen molar-refractivity contribution in [1.29, 1.82) is 0 Å². The second-order valence-corrected chi connectivity index (χ2v) is 4.10. The van der Waals surface area contributed by atoms with Gasteiger partial charge in [0.1, 0.15) is 5.01 Å². The summed E-state index contributed by atoms with van der Waals surface area (Å²) in [5.41, 5.74) is 1.04. The lowest BCUT2D eigenvalue weighted by Crippen LogP contribution is -2.03. The molecule has 16 heavy (non-hydrogen) atoms. The zero-order chi connectivity index (χ0) is 11.4. The van der Waals surface area contributed by atoms with Crippen LogP contribution in [0.3, 0.4) is 0 Å². The summed E-state index contributed by atoms with van der Waals surface area (Å²) in [6.07, 6.45) is 1.65. The van der Waals surface area contributed by atoms with Crippen molar-refractivity contribution < 1.29 is 4.74 Å². The van der Waals surface area contributed by atoms with Crippen molar-refractivity contribution in [1.82, 2.24) is 15.0 Å². The summed E-state index contributed by atoms with van der Waals surface area (Å²) in [6.45, 7) is 2.60. The van der Waals surface area contributed by atoms with E-state index in [0.29, 0.717) is 18.4 Å². The van der Waals surface area contributed by atoms with Gasteiger partial charge in [-0.1, -0.05) is 0 Å². The van der Waals surface area contributed by atoms with Gasteiger partial charge in [0, 0.05) is 23.3 Å². The molecular formula is C10H12N4OS. The van der Waals surface area contributed by atoms with Gasteiger partial charge in [0.15, 0.2) is 0 Å². The lowest BCUT2D eigenvalue weighted by atomic mass is 10.5. The molecule has 0 radical (unpaired) electrons. The van der Waals surface area contributed by atoms with Gasteiger partial charge in [0.25, 0.3) is 0 Å². The van der Waals surface area contributed by atoms with Gasteiger partial charge in [-0.15, -0.1) is 11.3 Å². The Labute approximate surface area is 97.5 Å². The molecule has 0 saturated heterocycles. The minimum absolute atomic E-state index is 0.548. The predicted molar refractivity (Wildman–Crippen MR) is 62.8 cm³/mol. The van der Waals surface area contributed by atoms with Crippen LogP contribution < -0.4 is 10.1 Å². The number of aromatic nitrogens is 3. The molecule has 0 spiro atoms. The number of nitrogens with zero attached hydrogens (tertiary/aromatic N) is 3. The van der Waals surface area contributed by atoms with Crippen molar-refractivity contribution in [3.05, 3.63) is 28.3 Å². The van der Waals surface area contributed by atoms with Gasteiger partial charge in [0.05, 0.1) is 13.7 Å². The Balaban J connectivity index is 1.99. The molecule has 0 atom stereocenters. The van der Waals surface area contributed by atoms with Gasteiger partial charge in [0.2, 0.25) is 11.8 Å². The molecule has 0 aromatic carbocycles. The fourth-order valence-corrected chi connectivity index (χ4v) is 1.89. The topological polar surface area (TPSA) is 59.9 Å². The molecule has 6 heteroatoms. The van der Waals surface area contributed by atoms with Crippen LogP contribution in [0.4, 0.5) is 5.95 Å². The van der Waals surface area contributed by atoms with Crippen molar-refractivity contribution in [3.63, 3.8) is 0 Å². The Morgan fingerprint density at radius 3 is 3.00 bits per heavy atom. The van der Waals surface area contributed by atoms with Crippen LogP contribution in [0.15, 0.2) is 17.6 Å². The van der Waals surface area contributed by atoms with Crippen LogP contribution in [0.1, 0.15) is 10.7 Å². The summed E-state index contributed by atoms with van der Waals surface area (Å²) < 4.78 is 5.01. The van der Waals surface area contributed by atoms with E-state index in [4.69, 9.17) is 4.74 Å². The Kier molecular flexibility index (Phi) is 3.31. The molecule has 0 fully saturated rings. The highest BCUT2D eigenvalue weighted by molar-refractivity contribution is 7.09. The third-order valence-electron chi connectivity index (χ3n) is 1.90. The first-order chi connectivity index (χ1) is 7.78. The van der Waals surface area contributed by atoms with Gasteiger partial charge in [-0.05, 0) is 6.92 Å². The van der Waals surface area contributed by atoms with E-state index in [-0.39, 0.29) is 0 Å². The lowest BCUT2D eigenvalue weighted by molar-refractivity contribution is 0.397. The summed E-state index contributed by atoms with van der Waals surface area (Å²) in [4.78, 5) is 12.6. The Bertz CT molecular complexity index is 471. The molecule has 2 aromatic heterocycles. The number of methoxy groups -OCH3 is 1. The van der Waals surface area contributed by atoms with Crippen molar-refractivity contribution in [2.75, 3.05) is 12.4 Å². The van der Waals surface area contributed by atoms with E-state index in [0.717, 1.165) is 10.7 Å². The number of hydrogen-bond acceptors (Lipinski definition) is 6. The molecule has 84 valence electrons. The predicted octanol–water partition coefficient (Wildman–Crippen LogP) is 1.86. The maximum Gasteiger partial charge on any atom is 0.226 e. The third-order valence-corrected chi connectivity index (χ3v) is 2.87. The molecule has 2 aromatic rings. The summed E-state index contributed by atoms with van der Waals surface area (Å²) in [5.74, 6) is 1.10. The number of rotatable bonds is 4. The van der Waals surface area contributed by atoms with Gasteiger partial charge < -0.3 is 10.1 Å². The van der Waals surface area contributed by atoms with E-state index < -0.39 is 0 Å². The standard InChI is InChI=1S/C10H12N4OS/c1-7-6-16-9(13-7)5-12-10-11-4-3-8(14-10)15-2/h3-4,6H,5H2,1-2H3,(H,11,12,14). The second kappa shape index (κ2) is 4.89. The Morgan fingerprint density at radius 2 is 2.31 bits per heavy atom. The number of aryl methyl sites for hydroxylation is 1. The van der Waals surface area contributed by atoms with E-state index >= 15 is 0 Å².